The highest BCUT2D eigenvalue weighted by molar-refractivity contribution is 5.86. The summed E-state index contributed by atoms with van der Waals surface area (Å²) in [6, 6.07) is 16.0. The maximum Gasteiger partial charge on any atom is 0.329 e. The zero-order chi connectivity index (χ0) is 18.3. The third kappa shape index (κ3) is 2.42. The van der Waals surface area contributed by atoms with E-state index >= 15 is 0 Å². The molecule has 0 fully saturated rings. The molecule has 6 heteroatoms. The number of anilines is 1. The fourth-order valence-electron chi connectivity index (χ4n) is 3.49. The molecule has 6 nitrogen and oxygen atoms in total. The summed E-state index contributed by atoms with van der Waals surface area (Å²) in [5.41, 5.74) is 11.4. The molecule has 0 saturated carbocycles. The van der Waals surface area contributed by atoms with Gasteiger partial charge in [-0.2, -0.15) is 0 Å². The van der Waals surface area contributed by atoms with Crippen LogP contribution in [0.2, 0.25) is 0 Å². The van der Waals surface area contributed by atoms with Crippen LogP contribution in [0, 0.1) is 0 Å². The van der Waals surface area contributed by atoms with Gasteiger partial charge >= 0.3 is 5.69 Å². The molecule has 0 aliphatic rings. The number of nitrogens with zero attached hydrogens (tertiary/aromatic N) is 3. The number of aromatic amines is 1. The molecule has 0 atom stereocenters. The summed E-state index contributed by atoms with van der Waals surface area (Å²) in [7, 11) is 0. The predicted molar refractivity (Wildman–Crippen MR) is 105 cm³/mol. The molecule has 0 amide bonds. The summed E-state index contributed by atoms with van der Waals surface area (Å²) in [6.45, 7) is 5.23. The highest BCUT2D eigenvalue weighted by Gasteiger charge is 2.16. The van der Waals surface area contributed by atoms with Crippen molar-refractivity contribution in [3.8, 4) is 22.5 Å². The van der Waals surface area contributed by atoms with Gasteiger partial charge in [-0.1, -0.05) is 36.4 Å². The van der Waals surface area contributed by atoms with Gasteiger partial charge in [0.1, 0.15) is 0 Å². The number of H-pyrrole nitrogens is 1. The van der Waals surface area contributed by atoms with E-state index in [0.717, 1.165) is 33.5 Å². The summed E-state index contributed by atoms with van der Waals surface area (Å²) in [5.74, 6) is 0.373. The van der Waals surface area contributed by atoms with Gasteiger partial charge in [-0.15, -0.1) is 0 Å². The van der Waals surface area contributed by atoms with Crippen molar-refractivity contribution >= 4 is 17.0 Å². The number of nitrogens with two attached hydrogens (primary N) is 1. The molecule has 0 radical (unpaired) electrons. The maximum atomic E-state index is 12.6. The lowest BCUT2D eigenvalue weighted by molar-refractivity contribution is 0.671. The zero-order valence-corrected chi connectivity index (χ0v) is 14.9. The topological polar surface area (TPSA) is 81.6 Å². The SMILES string of the molecule is CCn1c(=O)n(CC)c2cc(-c3nc(N)[nH]c3-c3ccccc3)ccc21. The standard InChI is InChI=1S/C20H21N5O/c1-3-24-15-11-10-14(12-16(15)25(4-2)20(24)26)18-17(22-19(21)23-18)13-8-6-5-7-9-13/h5-12H,3-4H2,1-2H3,(H3,21,22,23). The molecule has 4 aromatic rings. The van der Waals surface area contributed by atoms with Gasteiger partial charge in [0, 0.05) is 24.2 Å². The monoisotopic (exact) mass is 347 g/mol. The number of imidazole rings is 2. The number of aromatic nitrogens is 4. The van der Waals surface area contributed by atoms with Gasteiger partial charge in [0.15, 0.2) is 5.95 Å². The second-order valence-electron chi connectivity index (χ2n) is 6.19. The Morgan fingerprint density at radius 2 is 1.65 bits per heavy atom. The fourth-order valence-corrected chi connectivity index (χ4v) is 3.49. The molecule has 0 aliphatic carbocycles. The molecule has 0 saturated heterocycles. The smallest absolute Gasteiger partial charge is 0.329 e. The Kier molecular flexibility index (Phi) is 3.88. The van der Waals surface area contributed by atoms with Crippen molar-refractivity contribution in [2.24, 2.45) is 0 Å². The van der Waals surface area contributed by atoms with Crippen molar-refractivity contribution in [2.45, 2.75) is 26.9 Å². The van der Waals surface area contributed by atoms with E-state index in [0.29, 0.717) is 19.0 Å². The van der Waals surface area contributed by atoms with Crippen molar-refractivity contribution in [1.82, 2.24) is 19.1 Å². The summed E-state index contributed by atoms with van der Waals surface area (Å²) < 4.78 is 3.58. The largest absolute Gasteiger partial charge is 0.369 e. The third-order valence-corrected chi connectivity index (χ3v) is 4.71. The molecule has 26 heavy (non-hydrogen) atoms. The molecule has 0 spiro atoms. The van der Waals surface area contributed by atoms with Gasteiger partial charge in [0.25, 0.3) is 0 Å². The van der Waals surface area contributed by atoms with Crippen LogP contribution >= 0.6 is 0 Å². The minimum Gasteiger partial charge on any atom is -0.369 e. The number of hydrogen-bond acceptors (Lipinski definition) is 3. The Balaban J connectivity index is 1.95. The van der Waals surface area contributed by atoms with Crippen LogP contribution in [0.25, 0.3) is 33.5 Å². The predicted octanol–water partition coefficient (Wildman–Crippen LogP) is 3.48. The molecule has 2 aromatic heterocycles. The third-order valence-electron chi connectivity index (χ3n) is 4.71. The number of fused-ring (bicyclic) bond motifs is 1. The highest BCUT2D eigenvalue weighted by Crippen LogP contribution is 2.32. The Hall–Kier alpha value is -3.28. The molecule has 3 N–H and O–H groups in total. The Labute approximate surface area is 150 Å². The highest BCUT2D eigenvalue weighted by atomic mass is 16.1. The lowest BCUT2D eigenvalue weighted by atomic mass is 10.0. The lowest BCUT2D eigenvalue weighted by Gasteiger charge is -2.05. The molecule has 2 aromatic carbocycles. The number of nitrogen functional groups attached to an aromatic ring is 1. The van der Waals surface area contributed by atoms with Crippen molar-refractivity contribution < 1.29 is 0 Å². The lowest BCUT2D eigenvalue weighted by Crippen LogP contribution is -2.22. The second-order valence-corrected chi connectivity index (χ2v) is 6.19. The first-order chi connectivity index (χ1) is 12.6. The van der Waals surface area contributed by atoms with Crippen molar-refractivity contribution in [3.63, 3.8) is 0 Å². The van der Waals surface area contributed by atoms with Crippen LogP contribution in [0.1, 0.15) is 13.8 Å². The summed E-state index contributed by atoms with van der Waals surface area (Å²) >= 11 is 0. The van der Waals surface area contributed by atoms with E-state index in [4.69, 9.17) is 5.73 Å². The first-order valence-corrected chi connectivity index (χ1v) is 8.78. The molecule has 132 valence electrons. The number of hydrogen-bond donors (Lipinski definition) is 2. The van der Waals surface area contributed by atoms with Crippen LogP contribution in [0.4, 0.5) is 5.95 Å². The van der Waals surface area contributed by atoms with Crippen LogP contribution in [-0.2, 0) is 13.1 Å². The van der Waals surface area contributed by atoms with E-state index in [-0.39, 0.29) is 5.69 Å². The van der Waals surface area contributed by atoms with E-state index in [9.17, 15) is 4.79 Å². The van der Waals surface area contributed by atoms with E-state index in [2.05, 4.69) is 9.97 Å². The average molecular weight is 347 g/mol. The minimum atomic E-state index is 0.0203. The first kappa shape index (κ1) is 16.2. The molecule has 0 aliphatic heterocycles. The van der Waals surface area contributed by atoms with E-state index in [1.807, 2.05) is 62.4 Å². The summed E-state index contributed by atoms with van der Waals surface area (Å²) in [6.07, 6.45) is 0. The molecular formula is C20H21N5O. The number of rotatable bonds is 4. The van der Waals surface area contributed by atoms with E-state index in [1.165, 1.54) is 0 Å². The summed E-state index contributed by atoms with van der Waals surface area (Å²) in [5, 5.41) is 0. The summed E-state index contributed by atoms with van der Waals surface area (Å²) in [4.78, 5) is 20.2. The van der Waals surface area contributed by atoms with Gasteiger partial charge in [0.2, 0.25) is 0 Å². The van der Waals surface area contributed by atoms with Gasteiger partial charge < -0.3 is 10.7 Å². The Morgan fingerprint density at radius 3 is 2.35 bits per heavy atom. The quantitative estimate of drug-likeness (QED) is 0.593. The first-order valence-electron chi connectivity index (χ1n) is 8.78. The normalized spacial score (nSPS) is 11.3. The van der Waals surface area contributed by atoms with E-state index < -0.39 is 0 Å². The molecule has 0 unspecified atom stereocenters. The Bertz CT molecular complexity index is 1130. The fraction of sp³-hybridized carbons (Fsp3) is 0.200. The van der Waals surface area contributed by atoms with Crippen LogP contribution in [0.5, 0.6) is 0 Å². The van der Waals surface area contributed by atoms with Crippen LogP contribution in [0.3, 0.4) is 0 Å². The zero-order valence-electron chi connectivity index (χ0n) is 14.9. The van der Waals surface area contributed by atoms with Gasteiger partial charge in [-0.25, -0.2) is 9.78 Å². The molecular weight excluding hydrogens is 326 g/mol. The van der Waals surface area contributed by atoms with Gasteiger partial charge in [0.05, 0.1) is 22.4 Å². The van der Waals surface area contributed by atoms with E-state index in [1.54, 1.807) is 9.13 Å². The average Bonchev–Trinajstić information content (AvgIpc) is 3.18. The Morgan fingerprint density at radius 1 is 0.962 bits per heavy atom. The van der Waals surface area contributed by atoms with Crippen molar-refractivity contribution in [1.29, 1.82) is 0 Å². The van der Waals surface area contributed by atoms with Crippen molar-refractivity contribution in [2.75, 3.05) is 5.73 Å². The van der Waals surface area contributed by atoms with Crippen molar-refractivity contribution in [3.05, 3.63) is 59.0 Å². The second kappa shape index (κ2) is 6.22. The van der Waals surface area contributed by atoms with Gasteiger partial charge in [-0.3, -0.25) is 9.13 Å². The number of aryl methyl sites for hydroxylation is 2. The molecule has 0 bridgehead atoms. The molecule has 2 heterocycles. The van der Waals surface area contributed by atoms with Crippen LogP contribution in [0.15, 0.2) is 53.3 Å². The number of nitrogens with one attached hydrogen (secondary N) is 1. The van der Waals surface area contributed by atoms with Crippen LogP contribution in [-0.4, -0.2) is 19.1 Å². The van der Waals surface area contributed by atoms with Crippen LogP contribution < -0.4 is 11.4 Å². The maximum absolute atomic E-state index is 12.6. The minimum absolute atomic E-state index is 0.0203. The van der Waals surface area contributed by atoms with Gasteiger partial charge in [-0.05, 0) is 26.0 Å². The number of benzene rings is 2. The molecule has 4 rings (SSSR count).